The molecule has 2 heteroatoms. The van der Waals surface area contributed by atoms with Gasteiger partial charge in [0.15, 0.2) is 0 Å². The van der Waals surface area contributed by atoms with Gasteiger partial charge in [-0.1, -0.05) is 0 Å². The number of nitrogens with zero attached hydrogens (tertiary/aromatic N) is 1. The number of rotatable bonds is 0. The van der Waals surface area contributed by atoms with Gasteiger partial charge in [-0.15, -0.1) is 0 Å². The van der Waals surface area contributed by atoms with Gasteiger partial charge in [0, 0.05) is 0 Å². The zero-order chi connectivity index (χ0) is 6.10. The van der Waals surface area contributed by atoms with Crippen LogP contribution in [-0.4, -0.2) is 25.4 Å². The fourth-order valence-electron chi connectivity index (χ4n) is 0.803. The van der Waals surface area contributed by atoms with Crippen molar-refractivity contribution in [1.82, 2.24) is 4.98 Å². The van der Waals surface area contributed by atoms with Crippen molar-refractivity contribution in [2.45, 2.75) is 0 Å². The molecule has 0 aliphatic rings. The molecule has 0 atom stereocenters. The molecule has 1 aromatic carbocycles. The van der Waals surface area contributed by atoms with Crippen LogP contribution in [-0.2, 0) is 0 Å². The molecule has 0 fully saturated rings. The first-order valence-corrected chi connectivity index (χ1v) is 5.26. The molecule has 2 aromatic rings. The number of hydrogen-bond donors (Lipinski definition) is 0. The van der Waals surface area contributed by atoms with Crippen LogP contribution in [0.25, 0.3) is 8.92 Å². The van der Waals surface area contributed by atoms with E-state index in [1.54, 1.807) is 0 Å². The number of para-hydroxylation sites is 1. The van der Waals surface area contributed by atoms with Gasteiger partial charge in [0.2, 0.25) is 0 Å². The maximum absolute atomic E-state index is 4.23. The van der Waals surface area contributed by atoms with Gasteiger partial charge in [0.25, 0.3) is 0 Å². The molecular formula is C7H5NTe. The van der Waals surface area contributed by atoms with E-state index in [4.69, 9.17) is 0 Å². The summed E-state index contributed by atoms with van der Waals surface area (Å²) in [5.74, 6) is 0. The van der Waals surface area contributed by atoms with Crippen LogP contribution in [0.15, 0.2) is 28.5 Å². The van der Waals surface area contributed by atoms with Gasteiger partial charge in [-0.25, -0.2) is 0 Å². The van der Waals surface area contributed by atoms with Crippen LogP contribution in [0.3, 0.4) is 0 Å². The molecule has 9 heavy (non-hydrogen) atoms. The van der Waals surface area contributed by atoms with Crippen molar-refractivity contribution >= 4 is 29.3 Å². The van der Waals surface area contributed by atoms with Crippen LogP contribution < -0.4 is 0 Å². The minimum atomic E-state index is -0.0290. The van der Waals surface area contributed by atoms with Crippen molar-refractivity contribution in [3.05, 3.63) is 28.5 Å². The third-order valence-corrected chi connectivity index (χ3v) is 3.55. The minimum absolute atomic E-state index is 0.0290. The summed E-state index contributed by atoms with van der Waals surface area (Å²) in [6, 6.07) is 8.36. The van der Waals surface area contributed by atoms with Gasteiger partial charge in [0.05, 0.1) is 0 Å². The molecule has 0 bridgehead atoms. The molecule has 0 N–H and O–H groups in total. The van der Waals surface area contributed by atoms with E-state index in [9.17, 15) is 0 Å². The Labute approximate surface area is 63.0 Å². The van der Waals surface area contributed by atoms with Gasteiger partial charge >= 0.3 is 62.8 Å². The Bertz CT molecular complexity index is 283. The van der Waals surface area contributed by atoms with Gasteiger partial charge in [0.1, 0.15) is 0 Å². The summed E-state index contributed by atoms with van der Waals surface area (Å²) in [5.41, 5.74) is 1.19. The Kier molecular flexibility index (Phi) is 1.29. The van der Waals surface area contributed by atoms with E-state index in [-0.39, 0.29) is 20.4 Å². The Hall–Kier alpha value is -0.320. The quantitative estimate of drug-likeness (QED) is 0.622. The van der Waals surface area contributed by atoms with E-state index >= 15 is 0 Å². The monoisotopic (exact) mass is 233 g/mol. The Morgan fingerprint density at radius 2 is 2.11 bits per heavy atom. The standard InChI is InChI=1S/C7H5NTe/c1-2-4-7-6(3-1)8-5-9-7/h1-5H. The van der Waals surface area contributed by atoms with Crippen LogP contribution in [0, 0.1) is 0 Å². The van der Waals surface area contributed by atoms with Crippen LogP contribution in [0.5, 0.6) is 0 Å². The van der Waals surface area contributed by atoms with Crippen molar-refractivity contribution in [2.24, 2.45) is 0 Å². The van der Waals surface area contributed by atoms with Gasteiger partial charge in [-0.05, 0) is 0 Å². The molecule has 0 saturated heterocycles. The maximum atomic E-state index is 4.23. The summed E-state index contributed by atoms with van der Waals surface area (Å²) in [5, 5.41) is 0. The molecule has 0 radical (unpaired) electrons. The fourth-order valence-corrected chi connectivity index (χ4v) is 2.74. The number of hydrogen-bond acceptors (Lipinski definition) is 1. The van der Waals surface area contributed by atoms with Crippen molar-refractivity contribution in [2.75, 3.05) is 0 Å². The van der Waals surface area contributed by atoms with Crippen molar-refractivity contribution in [3.8, 4) is 0 Å². The summed E-state index contributed by atoms with van der Waals surface area (Å²) < 4.78 is 3.55. The van der Waals surface area contributed by atoms with Crippen LogP contribution >= 0.6 is 0 Å². The van der Waals surface area contributed by atoms with Crippen LogP contribution in [0.4, 0.5) is 0 Å². The van der Waals surface area contributed by atoms with Gasteiger partial charge < -0.3 is 0 Å². The summed E-state index contributed by atoms with van der Waals surface area (Å²) in [4.78, 5) is 4.23. The Morgan fingerprint density at radius 3 is 3.00 bits per heavy atom. The topological polar surface area (TPSA) is 12.9 Å². The fraction of sp³-hybridized carbons (Fsp3) is 0. The summed E-state index contributed by atoms with van der Waals surface area (Å²) in [6.07, 6.45) is 0. The van der Waals surface area contributed by atoms with E-state index in [1.807, 2.05) is 6.07 Å². The van der Waals surface area contributed by atoms with Gasteiger partial charge in [-0.3, -0.25) is 0 Å². The second kappa shape index (κ2) is 2.13. The van der Waals surface area contributed by atoms with E-state index < -0.39 is 0 Å². The predicted molar refractivity (Wildman–Crippen MR) is 38.7 cm³/mol. The summed E-state index contributed by atoms with van der Waals surface area (Å²) in [6.45, 7) is 0. The number of fused-ring (bicyclic) bond motifs is 1. The first-order chi connectivity index (χ1) is 4.47. The molecule has 2 rings (SSSR count). The van der Waals surface area contributed by atoms with Crippen molar-refractivity contribution < 1.29 is 0 Å². The first kappa shape index (κ1) is 5.46. The predicted octanol–water partition coefficient (Wildman–Crippen LogP) is 1.29. The third kappa shape index (κ3) is 0.890. The van der Waals surface area contributed by atoms with Crippen molar-refractivity contribution in [3.63, 3.8) is 0 Å². The normalized spacial score (nSPS) is 10.2. The number of aromatic nitrogens is 1. The zero-order valence-corrected chi connectivity index (χ0v) is 7.07. The molecule has 0 spiro atoms. The molecule has 0 aliphatic carbocycles. The molecule has 1 heterocycles. The molecule has 44 valence electrons. The average Bonchev–Trinajstić information content (AvgIpc) is 2.33. The Balaban J connectivity index is 2.95. The summed E-state index contributed by atoms with van der Waals surface area (Å²) in [7, 11) is 0. The van der Waals surface area contributed by atoms with E-state index in [0.29, 0.717) is 0 Å². The van der Waals surface area contributed by atoms with E-state index in [1.165, 1.54) is 8.92 Å². The van der Waals surface area contributed by atoms with Crippen molar-refractivity contribution in [1.29, 1.82) is 0 Å². The molecule has 0 amide bonds. The molecule has 1 nitrogen and oxygen atoms in total. The molecule has 1 aromatic heterocycles. The SMILES string of the molecule is c1ccc2[te]cnc2c1. The Morgan fingerprint density at radius 1 is 1.22 bits per heavy atom. The molecule has 0 aliphatic heterocycles. The summed E-state index contributed by atoms with van der Waals surface area (Å²) >= 11 is -0.0290. The molecule has 0 unspecified atom stereocenters. The average molecular weight is 231 g/mol. The second-order valence-corrected chi connectivity index (χ2v) is 4.35. The first-order valence-electron chi connectivity index (χ1n) is 2.75. The van der Waals surface area contributed by atoms with Gasteiger partial charge in [-0.2, -0.15) is 0 Å². The molecular weight excluding hydrogens is 226 g/mol. The zero-order valence-electron chi connectivity index (χ0n) is 4.74. The number of benzene rings is 1. The van der Waals surface area contributed by atoms with E-state index in [0.717, 1.165) is 0 Å². The second-order valence-electron chi connectivity index (χ2n) is 1.82. The third-order valence-electron chi connectivity index (χ3n) is 1.24. The van der Waals surface area contributed by atoms with Crippen LogP contribution in [0.1, 0.15) is 0 Å². The van der Waals surface area contributed by atoms with Crippen LogP contribution in [0.2, 0.25) is 0 Å². The van der Waals surface area contributed by atoms with E-state index in [2.05, 4.69) is 27.4 Å². The molecule has 0 saturated carbocycles.